The van der Waals surface area contributed by atoms with E-state index in [0.717, 1.165) is 10.8 Å². The molecule has 3 aromatic rings. The normalized spacial score (nSPS) is 10.4. The summed E-state index contributed by atoms with van der Waals surface area (Å²) in [5.41, 5.74) is 0.707. The highest BCUT2D eigenvalue weighted by Crippen LogP contribution is 2.24. The number of hydrogen-bond donors (Lipinski definition) is 2. The topological polar surface area (TPSA) is 62.2 Å². The van der Waals surface area contributed by atoms with Crippen LogP contribution in [0, 0.1) is 0 Å². The zero-order valence-corrected chi connectivity index (χ0v) is 10.6. The van der Waals surface area contributed by atoms with Gasteiger partial charge >= 0.3 is 0 Å². The summed E-state index contributed by atoms with van der Waals surface area (Å²) >= 11 is 0. The van der Waals surface area contributed by atoms with Crippen LogP contribution >= 0.6 is 0 Å². The molecule has 3 rings (SSSR count). The van der Waals surface area contributed by atoms with E-state index in [4.69, 9.17) is 0 Å². The van der Waals surface area contributed by atoms with Crippen LogP contribution in [0.15, 0.2) is 60.8 Å². The van der Waals surface area contributed by atoms with Gasteiger partial charge in [0.05, 0.1) is 0 Å². The number of pyridine rings is 1. The molecule has 4 nitrogen and oxygen atoms in total. The molecule has 98 valence electrons. The van der Waals surface area contributed by atoms with Gasteiger partial charge in [-0.15, -0.1) is 0 Å². The molecule has 4 heteroatoms. The average Bonchev–Trinajstić information content (AvgIpc) is 2.48. The smallest absolute Gasteiger partial charge is 0.278 e. The van der Waals surface area contributed by atoms with Gasteiger partial charge in [-0.25, -0.2) is 4.98 Å². The summed E-state index contributed by atoms with van der Waals surface area (Å²) < 4.78 is 0. The summed E-state index contributed by atoms with van der Waals surface area (Å²) in [6.45, 7) is 0. The SMILES string of the molecule is O=C(Nc1cccc2ccccc12)c1ncccc1O. The minimum Gasteiger partial charge on any atom is -0.505 e. The fourth-order valence-corrected chi connectivity index (χ4v) is 2.09. The Hall–Kier alpha value is -2.88. The molecular formula is C16H12N2O2. The van der Waals surface area contributed by atoms with Crippen LogP contribution in [0.1, 0.15) is 10.5 Å². The third-order valence-electron chi connectivity index (χ3n) is 3.04. The van der Waals surface area contributed by atoms with Gasteiger partial charge in [0.25, 0.3) is 5.91 Å². The van der Waals surface area contributed by atoms with Crippen LogP contribution in [-0.2, 0) is 0 Å². The van der Waals surface area contributed by atoms with Crippen molar-refractivity contribution in [3.63, 3.8) is 0 Å². The molecule has 2 N–H and O–H groups in total. The third kappa shape index (κ3) is 2.19. The molecule has 0 aliphatic carbocycles. The maximum Gasteiger partial charge on any atom is 0.278 e. The highest BCUT2D eigenvalue weighted by Gasteiger charge is 2.13. The molecule has 0 spiro atoms. The van der Waals surface area contributed by atoms with Crippen molar-refractivity contribution in [1.29, 1.82) is 0 Å². The Morgan fingerprint density at radius 1 is 1.00 bits per heavy atom. The summed E-state index contributed by atoms with van der Waals surface area (Å²) in [6.07, 6.45) is 1.47. The van der Waals surface area contributed by atoms with Crippen LogP contribution in [0.5, 0.6) is 5.75 Å². The maximum atomic E-state index is 12.1. The Bertz CT molecular complexity index is 779. The van der Waals surface area contributed by atoms with E-state index in [1.807, 2.05) is 42.5 Å². The first-order valence-electron chi connectivity index (χ1n) is 6.19. The minimum absolute atomic E-state index is 0.0143. The molecule has 1 heterocycles. The van der Waals surface area contributed by atoms with Gasteiger partial charge in [0.1, 0.15) is 5.75 Å². The van der Waals surface area contributed by atoms with Crippen molar-refractivity contribution in [2.45, 2.75) is 0 Å². The molecule has 0 atom stereocenters. The number of amides is 1. The number of fused-ring (bicyclic) bond motifs is 1. The number of rotatable bonds is 2. The number of carbonyl (C=O) groups is 1. The highest BCUT2D eigenvalue weighted by atomic mass is 16.3. The summed E-state index contributed by atoms with van der Waals surface area (Å²) in [5, 5.41) is 14.4. The Balaban J connectivity index is 1.98. The molecule has 0 unspecified atom stereocenters. The first-order valence-corrected chi connectivity index (χ1v) is 6.19. The lowest BCUT2D eigenvalue weighted by atomic mass is 10.1. The molecular weight excluding hydrogens is 252 g/mol. The van der Waals surface area contributed by atoms with Crippen molar-refractivity contribution in [3.8, 4) is 5.75 Å². The number of carbonyl (C=O) groups excluding carboxylic acids is 1. The first-order chi connectivity index (χ1) is 9.75. The lowest BCUT2D eigenvalue weighted by Gasteiger charge is -2.08. The van der Waals surface area contributed by atoms with Gasteiger partial charge in [0, 0.05) is 17.3 Å². The zero-order valence-electron chi connectivity index (χ0n) is 10.6. The summed E-state index contributed by atoms with van der Waals surface area (Å²) in [6, 6.07) is 16.4. The van der Waals surface area contributed by atoms with Crippen LogP contribution in [0.3, 0.4) is 0 Å². The number of nitrogens with zero attached hydrogens (tertiary/aromatic N) is 1. The fraction of sp³-hybridized carbons (Fsp3) is 0. The van der Waals surface area contributed by atoms with Crippen LogP contribution in [0.25, 0.3) is 10.8 Å². The summed E-state index contributed by atoms with van der Waals surface area (Å²) in [5.74, 6) is -0.565. The van der Waals surface area contributed by atoms with E-state index in [2.05, 4.69) is 10.3 Å². The van der Waals surface area contributed by atoms with E-state index in [9.17, 15) is 9.90 Å². The van der Waals surface area contributed by atoms with Crippen molar-refractivity contribution in [2.24, 2.45) is 0 Å². The molecule has 2 aromatic carbocycles. The van der Waals surface area contributed by atoms with Gasteiger partial charge < -0.3 is 10.4 Å². The second-order valence-electron chi connectivity index (χ2n) is 4.35. The molecule has 20 heavy (non-hydrogen) atoms. The second kappa shape index (κ2) is 5.01. The molecule has 1 aromatic heterocycles. The second-order valence-corrected chi connectivity index (χ2v) is 4.35. The van der Waals surface area contributed by atoms with Crippen molar-refractivity contribution in [2.75, 3.05) is 5.32 Å². The van der Waals surface area contributed by atoms with E-state index in [-0.39, 0.29) is 11.4 Å². The largest absolute Gasteiger partial charge is 0.505 e. The fourth-order valence-electron chi connectivity index (χ4n) is 2.09. The van der Waals surface area contributed by atoms with E-state index in [1.54, 1.807) is 6.07 Å². The molecule has 0 aliphatic heterocycles. The Morgan fingerprint density at radius 2 is 1.80 bits per heavy atom. The van der Waals surface area contributed by atoms with Crippen LogP contribution < -0.4 is 5.32 Å². The van der Waals surface area contributed by atoms with Crippen LogP contribution in [0.4, 0.5) is 5.69 Å². The van der Waals surface area contributed by atoms with Crippen LogP contribution in [-0.4, -0.2) is 16.0 Å². The van der Waals surface area contributed by atoms with Gasteiger partial charge in [0.2, 0.25) is 0 Å². The van der Waals surface area contributed by atoms with E-state index >= 15 is 0 Å². The molecule has 0 fully saturated rings. The molecule has 0 radical (unpaired) electrons. The van der Waals surface area contributed by atoms with Crippen molar-refractivity contribution in [1.82, 2.24) is 4.98 Å². The Labute approximate surface area is 115 Å². The number of aromatic hydroxyl groups is 1. The van der Waals surface area contributed by atoms with Gasteiger partial charge in [-0.05, 0) is 23.6 Å². The lowest BCUT2D eigenvalue weighted by Crippen LogP contribution is -2.13. The van der Waals surface area contributed by atoms with Gasteiger partial charge in [0.15, 0.2) is 5.69 Å². The van der Waals surface area contributed by atoms with Gasteiger partial charge in [-0.1, -0.05) is 36.4 Å². The molecule has 0 saturated heterocycles. The molecule has 1 amide bonds. The summed E-state index contributed by atoms with van der Waals surface area (Å²) in [7, 11) is 0. The number of benzene rings is 2. The standard InChI is InChI=1S/C16H12N2O2/c19-14-9-4-10-17-15(14)16(20)18-13-8-3-6-11-5-1-2-7-12(11)13/h1-10,19H,(H,18,20). The number of anilines is 1. The van der Waals surface area contributed by atoms with E-state index in [0.29, 0.717) is 5.69 Å². The Morgan fingerprint density at radius 3 is 2.65 bits per heavy atom. The van der Waals surface area contributed by atoms with Gasteiger partial charge in [-0.3, -0.25) is 4.79 Å². The monoisotopic (exact) mass is 264 g/mol. The summed E-state index contributed by atoms with van der Waals surface area (Å²) in [4.78, 5) is 16.0. The molecule has 0 saturated carbocycles. The van der Waals surface area contributed by atoms with E-state index < -0.39 is 5.91 Å². The average molecular weight is 264 g/mol. The van der Waals surface area contributed by atoms with Crippen LogP contribution in [0.2, 0.25) is 0 Å². The quantitative estimate of drug-likeness (QED) is 0.747. The number of nitrogens with one attached hydrogen (secondary N) is 1. The highest BCUT2D eigenvalue weighted by molar-refractivity contribution is 6.09. The predicted molar refractivity (Wildman–Crippen MR) is 77.8 cm³/mol. The Kier molecular flexibility index (Phi) is 3.05. The van der Waals surface area contributed by atoms with Gasteiger partial charge in [-0.2, -0.15) is 0 Å². The molecule has 0 aliphatic rings. The van der Waals surface area contributed by atoms with E-state index in [1.165, 1.54) is 12.3 Å². The lowest BCUT2D eigenvalue weighted by molar-refractivity contribution is 0.101. The first kappa shape index (κ1) is 12.2. The van der Waals surface area contributed by atoms with Crippen molar-refractivity contribution < 1.29 is 9.90 Å². The molecule has 0 bridgehead atoms. The maximum absolute atomic E-state index is 12.1. The third-order valence-corrected chi connectivity index (χ3v) is 3.04. The number of hydrogen-bond acceptors (Lipinski definition) is 3. The predicted octanol–water partition coefficient (Wildman–Crippen LogP) is 3.19. The van der Waals surface area contributed by atoms with Crippen molar-refractivity contribution in [3.05, 3.63) is 66.5 Å². The van der Waals surface area contributed by atoms with Crippen molar-refractivity contribution >= 4 is 22.4 Å². The zero-order chi connectivity index (χ0) is 13.9. The number of aromatic nitrogens is 1. The minimum atomic E-state index is -0.431.